The molecule has 3 aliphatic heterocycles. The molecular weight excluding hydrogens is 507 g/mol. The third-order valence-electron chi connectivity index (χ3n) is 7.88. The second kappa shape index (κ2) is 12.6. The first-order valence-electron chi connectivity index (χ1n) is 13.7. The molecule has 5 rings (SSSR count). The summed E-state index contributed by atoms with van der Waals surface area (Å²) in [6.07, 6.45) is 4.09. The van der Waals surface area contributed by atoms with Crippen molar-refractivity contribution in [2.45, 2.75) is 50.4 Å². The minimum atomic E-state index is -0.849. The second-order valence-corrected chi connectivity index (χ2v) is 11.0. The highest BCUT2D eigenvalue weighted by Gasteiger charge is 2.30. The van der Waals surface area contributed by atoms with Crippen LogP contribution < -0.4 is 15.4 Å². The number of aliphatic imine (C=N–C) groups is 1. The van der Waals surface area contributed by atoms with E-state index in [4.69, 9.17) is 31.8 Å². The Bertz CT molecular complexity index is 1090. The third kappa shape index (κ3) is 6.78. The molecule has 3 fully saturated rings. The molecule has 3 unspecified atom stereocenters. The predicted octanol–water partition coefficient (Wildman–Crippen LogP) is 4.42. The maximum atomic E-state index is 13.4. The molecule has 3 atom stereocenters. The Labute approximate surface area is 229 Å². The van der Waals surface area contributed by atoms with Crippen molar-refractivity contribution in [1.29, 1.82) is 0 Å². The fourth-order valence-electron chi connectivity index (χ4n) is 5.62. The molecule has 3 aliphatic rings. The first-order valence-corrected chi connectivity index (χ1v) is 14.1. The van der Waals surface area contributed by atoms with Gasteiger partial charge in [-0.2, -0.15) is 0 Å². The largest absolute Gasteiger partial charge is 0.489 e. The minimum Gasteiger partial charge on any atom is -0.489 e. The molecule has 0 amide bonds. The number of amidine groups is 1. The van der Waals surface area contributed by atoms with E-state index in [0.29, 0.717) is 41.9 Å². The Kier molecular flexibility index (Phi) is 9.05. The molecule has 7 nitrogen and oxygen atoms in total. The number of nitrogens with zero attached hydrogens (tertiary/aromatic N) is 3. The summed E-state index contributed by atoms with van der Waals surface area (Å²) >= 11 is 6.59. The molecule has 3 N–H and O–H groups in total. The van der Waals surface area contributed by atoms with Crippen molar-refractivity contribution >= 4 is 23.1 Å². The maximum Gasteiger partial charge on any atom is 0.138 e. The fraction of sp³-hybridized carbons (Fsp3) is 0.552. The van der Waals surface area contributed by atoms with Crippen molar-refractivity contribution < 1.29 is 19.0 Å². The SMILES string of the molecule is NC(=NC(CN1CCCC1)C(O)c1ccc(OC2CCOCC2)c(Cl)c1)C1CCN(c2ccc(F)cc2)C1. The van der Waals surface area contributed by atoms with Crippen molar-refractivity contribution in [1.82, 2.24) is 4.90 Å². The van der Waals surface area contributed by atoms with Crippen molar-refractivity contribution in [3.05, 3.63) is 58.9 Å². The Morgan fingerprint density at radius 2 is 1.84 bits per heavy atom. The summed E-state index contributed by atoms with van der Waals surface area (Å²) in [6, 6.07) is 11.6. The van der Waals surface area contributed by atoms with Crippen molar-refractivity contribution in [3.63, 3.8) is 0 Å². The van der Waals surface area contributed by atoms with Crippen LogP contribution in [0.3, 0.4) is 0 Å². The highest BCUT2D eigenvalue weighted by Crippen LogP contribution is 2.32. The van der Waals surface area contributed by atoms with Crippen molar-refractivity contribution in [2.75, 3.05) is 50.8 Å². The number of ether oxygens (including phenoxy) is 2. The Morgan fingerprint density at radius 1 is 1.11 bits per heavy atom. The number of hydrogen-bond donors (Lipinski definition) is 2. The van der Waals surface area contributed by atoms with Crippen LogP contribution in [-0.2, 0) is 4.74 Å². The molecule has 0 aliphatic carbocycles. The monoisotopic (exact) mass is 544 g/mol. The lowest BCUT2D eigenvalue weighted by Gasteiger charge is -2.27. The molecule has 2 aromatic carbocycles. The van der Waals surface area contributed by atoms with E-state index in [1.807, 2.05) is 12.1 Å². The molecular formula is C29H38ClFN4O3. The number of aliphatic hydroxyl groups excluding tert-OH is 1. The van der Waals surface area contributed by atoms with Gasteiger partial charge in [-0.05, 0) is 74.3 Å². The van der Waals surface area contributed by atoms with Gasteiger partial charge in [0.2, 0.25) is 0 Å². The van der Waals surface area contributed by atoms with Crippen LogP contribution in [0.15, 0.2) is 47.5 Å². The summed E-state index contributed by atoms with van der Waals surface area (Å²) in [7, 11) is 0. The number of rotatable bonds is 9. The maximum absolute atomic E-state index is 13.4. The summed E-state index contributed by atoms with van der Waals surface area (Å²) in [5.74, 6) is 1.02. The van der Waals surface area contributed by atoms with E-state index in [0.717, 1.165) is 64.0 Å². The van der Waals surface area contributed by atoms with E-state index in [-0.39, 0.29) is 17.8 Å². The molecule has 206 valence electrons. The zero-order valence-electron chi connectivity index (χ0n) is 21.8. The van der Waals surface area contributed by atoms with Crippen molar-refractivity contribution in [3.8, 4) is 5.75 Å². The average molecular weight is 545 g/mol. The average Bonchev–Trinajstić information content (AvgIpc) is 3.63. The van der Waals surface area contributed by atoms with Gasteiger partial charge >= 0.3 is 0 Å². The van der Waals surface area contributed by atoms with Gasteiger partial charge in [-0.1, -0.05) is 17.7 Å². The van der Waals surface area contributed by atoms with Gasteiger partial charge in [-0.25, -0.2) is 4.39 Å². The first-order chi connectivity index (χ1) is 18.5. The van der Waals surface area contributed by atoms with Gasteiger partial charge in [0, 0.05) is 44.1 Å². The van der Waals surface area contributed by atoms with E-state index < -0.39 is 12.1 Å². The van der Waals surface area contributed by atoms with Gasteiger partial charge in [-0.3, -0.25) is 4.99 Å². The second-order valence-electron chi connectivity index (χ2n) is 10.6. The fourth-order valence-corrected chi connectivity index (χ4v) is 5.85. The highest BCUT2D eigenvalue weighted by atomic mass is 35.5. The number of anilines is 1. The zero-order valence-corrected chi connectivity index (χ0v) is 22.5. The number of aliphatic hydroxyl groups is 1. The summed E-state index contributed by atoms with van der Waals surface area (Å²) in [6.45, 7) is 5.57. The lowest BCUT2D eigenvalue weighted by molar-refractivity contribution is 0.0256. The van der Waals surface area contributed by atoms with Gasteiger partial charge in [0.05, 0.1) is 30.1 Å². The highest BCUT2D eigenvalue weighted by molar-refractivity contribution is 6.32. The number of hydrogen-bond acceptors (Lipinski definition) is 6. The van der Waals surface area contributed by atoms with Crippen LogP contribution in [0.5, 0.6) is 5.75 Å². The van der Waals surface area contributed by atoms with Gasteiger partial charge in [0.1, 0.15) is 23.8 Å². The lowest BCUT2D eigenvalue weighted by Crippen LogP contribution is -2.36. The van der Waals surface area contributed by atoms with Crippen LogP contribution in [-0.4, -0.2) is 73.9 Å². The molecule has 0 bridgehead atoms. The molecule has 0 aromatic heterocycles. The van der Waals surface area contributed by atoms with Crippen LogP contribution >= 0.6 is 11.6 Å². The van der Waals surface area contributed by atoms with E-state index >= 15 is 0 Å². The number of halogens is 2. The van der Waals surface area contributed by atoms with E-state index in [2.05, 4.69) is 9.80 Å². The number of nitrogens with two attached hydrogens (primary N) is 1. The molecule has 0 spiro atoms. The normalized spacial score (nSPS) is 23.1. The van der Waals surface area contributed by atoms with E-state index in [9.17, 15) is 9.50 Å². The lowest BCUT2D eigenvalue weighted by atomic mass is 10.0. The topological polar surface area (TPSA) is 83.5 Å². The summed E-state index contributed by atoms with van der Waals surface area (Å²) in [5, 5.41) is 12.0. The molecule has 38 heavy (non-hydrogen) atoms. The van der Waals surface area contributed by atoms with Crippen LogP contribution in [0.4, 0.5) is 10.1 Å². The van der Waals surface area contributed by atoms with Gasteiger partial charge in [-0.15, -0.1) is 0 Å². The molecule has 3 heterocycles. The Balaban J connectivity index is 1.29. The molecule has 9 heteroatoms. The first kappa shape index (κ1) is 27.2. The smallest absolute Gasteiger partial charge is 0.138 e. The molecule has 2 aromatic rings. The van der Waals surface area contributed by atoms with Gasteiger partial charge in [0.15, 0.2) is 0 Å². The summed E-state index contributed by atoms with van der Waals surface area (Å²) in [5.41, 5.74) is 8.25. The standard InChI is InChI=1S/C29H38ClFN4O3/c30-25-17-20(3-8-27(25)38-24-10-15-37-16-11-24)28(36)26(19-34-12-1-2-13-34)33-29(32)21-9-14-35(18-21)23-6-4-22(31)5-7-23/h3-8,17,21,24,26,28,36H,1-2,9-16,18-19H2,(H2,32,33). The third-order valence-corrected chi connectivity index (χ3v) is 8.18. The number of benzene rings is 2. The van der Waals surface area contributed by atoms with Crippen LogP contribution in [0.2, 0.25) is 5.02 Å². The summed E-state index contributed by atoms with van der Waals surface area (Å²) in [4.78, 5) is 9.46. The van der Waals surface area contributed by atoms with E-state index in [1.165, 1.54) is 12.1 Å². The summed E-state index contributed by atoms with van der Waals surface area (Å²) < 4.78 is 24.9. The molecule has 0 saturated carbocycles. The zero-order chi connectivity index (χ0) is 26.5. The predicted molar refractivity (Wildman–Crippen MR) is 149 cm³/mol. The number of likely N-dealkylation sites (tertiary alicyclic amines) is 1. The van der Waals surface area contributed by atoms with Gasteiger partial charge in [0.25, 0.3) is 0 Å². The quantitative estimate of drug-likeness (QED) is 0.359. The van der Waals surface area contributed by atoms with Crippen LogP contribution in [0, 0.1) is 11.7 Å². The Morgan fingerprint density at radius 3 is 2.55 bits per heavy atom. The molecule has 3 saturated heterocycles. The van der Waals surface area contributed by atoms with E-state index in [1.54, 1.807) is 18.2 Å². The van der Waals surface area contributed by atoms with Crippen LogP contribution in [0.1, 0.15) is 43.8 Å². The Hall–Kier alpha value is -2.39. The van der Waals surface area contributed by atoms with Crippen molar-refractivity contribution in [2.24, 2.45) is 16.6 Å². The van der Waals surface area contributed by atoms with Crippen LogP contribution in [0.25, 0.3) is 0 Å². The van der Waals surface area contributed by atoms with Gasteiger partial charge < -0.3 is 30.1 Å². The minimum absolute atomic E-state index is 0.0761. The molecule has 0 radical (unpaired) electrons.